The Kier molecular flexibility index (Phi) is 7.82. The van der Waals surface area contributed by atoms with Crippen molar-refractivity contribution in [3.8, 4) is 27.9 Å². The van der Waals surface area contributed by atoms with Crippen LogP contribution in [-0.2, 0) is 0 Å². The molecule has 0 bridgehead atoms. The standard InChI is InChI=1S/C42H27BrCl2N2/c43-32-13-8-28(9-14-32)30-4-3-5-38(26-30)47-41-7-2-1-6-39(41)40-25-12-31(27-42(40)47)29-10-19-35(20-11-29)46(36-21-15-33(44)16-22-36)37-23-17-34(45)18-24-37/h1-27H. The molecule has 1 aromatic heterocycles. The number of anilines is 3. The van der Waals surface area contributed by atoms with Gasteiger partial charge in [0.15, 0.2) is 0 Å². The molecule has 0 radical (unpaired) electrons. The van der Waals surface area contributed by atoms with Crippen molar-refractivity contribution in [1.29, 1.82) is 0 Å². The van der Waals surface area contributed by atoms with Crippen LogP contribution in [0.4, 0.5) is 17.1 Å². The lowest BCUT2D eigenvalue weighted by molar-refractivity contribution is 1.18. The van der Waals surface area contributed by atoms with E-state index in [1.54, 1.807) is 0 Å². The number of benzene rings is 7. The Morgan fingerprint density at radius 2 is 0.936 bits per heavy atom. The number of aromatic nitrogens is 1. The van der Waals surface area contributed by atoms with Gasteiger partial charge in [-0.25, -0.2) is 0 Å². The van der Waals surface area contributed by atoms with E-state index in [2.05, 4.69) is 141 Å². The molecular weight excluding hydrogens is 683 g/mol. The van der Waals surface area contributed by atoms with E-state index >= 15 is 0 Å². The fourth-order valence-corrected chi connectivity index (χ4v) is 6.84. The quantitative estimate of drug-likeness (QED) is 0.167. The Morgan fingerprint density at radius 1 is 0.426 bits per heavy atom. The fraction of sp³-hybridized carbons (Fsp3) is 0. The van der Waals surface area contributed by atoms with Crippen LogP contribution in [-0.4, -0.2) is 4.57 Å². The molecule has 2 nitrogen and oxygen atoms in total. The highest BCUT2D eigenvalue weighted by atomic mass is 79.9. The monoisotopic (exact) mass is 708 g/mol. The van der Waals surface area contributed by atoms with Crippen LogP contribution in [0, 0.1) is 0 Å². The van der Waals surface area contributed by atoms with Gasteiger partial charge in [-0.05, 0) is 119 Å². The molecule has 7 aromatic carbocycles. The topological polar surface area (TPSA) is 8.17 Å². The van der Waals surface area contributed by atoms with Gasteiger partial charge in [-0.15, -0.1) is 0 Å². The highest BCUT2D eigenvalue weighted by Crippen LogP contribution is 2.39. The van der Waals surface area contributed by atoms with Crippen LogP contribution in [0.25, 0.3) is 49.7 Å². The van der Waals surface area contributed by atoms with Crippen LogP contribution in [0.15, 0.2) is 168 Å². The summed E-state index contributed by atoms with van der Waals surface area (Å²) in [7, 11) is 0. The summed E-state index contributed by atoms with van der Waals surface area (Å²) in [6.07, 6.45) is 0. The zero-order chi connectivity index (χ0) is 31.9. The van der Waals surface area contributed by atoms with Gasteiger partial charge < -0.3 is 9.47 Å². The van der Waals surface area contributed by atoms with Crippen LogP contribution in [0.1, 0.15) is 0 Å². The molecule has 0 unspecified atom stereocenters. The average molecular weight is 711 g/mol. The third kappa shape index (κ3) is 5.72. The minimum atomic E-state index is 0.702. The Balaban J connectivity index is 1.22. The van der Waals surface area contributed by atoms with Crippen molar-refractivity contribution in [2.45, 2.75) is 0 Å². The van der Waals surface area contributed by atoms with Gasteiger partial charge in [-0.1, -0.05) is 106 Å². The number of nitrogens with zero attached hydrogens (tertiary/aromatic N) is 2. The van der Waals surface area contributed by atoms with E-state index in [0.717, 1.165) is 38.3 Å². The smallest absolute Gasteiger partial charge is 0.0547 e. The molecule has 0 amide bonds. The zero-order valence-corrected chi connectivity index (χ0v) is 28.2. The minimum Gasteiger partial charge on any atom is -0.311 e. The van der Waals surface area contributed by atoms with Gasteiger partial charge in [0.1, 0.15) is 0 Å². The molecule has 47 heavy (non-hydrogen) atoms. The first kappa shape index (κ1) is 29.6. The number of para-hydroxylation sites is 1. The normalized spacial score (nSPS) is 11.3. The van der Waals surface area contributed by atoms with Crippen molar-refractivity contribution >= 4 is 78.0 Å². The van der Waals surface area contributed by atoms with Crippen molar-refractivity contribution in [1.82, 2.24) is 4.57 Å². The van der Waals surface area contributed by atoms with Crippen LogP contribution < -0.4 is 4.90 Å². The molecule has 0 saturated carbocycles. The molecule has 0 saturated heterocycles. The van der Waals surface area contributed by atoms with Crippen molar-refractivity contribution in [2.75, 3.05) is 4.90 Å². The van der Waals surface area contributed by atoms with Gasteiger partial charge in [-0.3, -0.25) is 0 Å². The third-order valence-corrected chi connectivity index (χ3v) is 9.62. The summed E-state index contributed by atoms with van der Waals surface area (Å²) in [5.41, 5.74) is 11.2. The van der Waals surface area contributed by atoms with Gasteiger partial charge in [0, 0.05) is 48.0 Å². The number of hydrogen-bond acceptors (Lipinski definition) is 1. The number of fused-ring (bicyclic) bond motifs is 3. The molecule has 0 fully saturated rings. The zero-order valence-electron chi connectivity index (χ0n) is 25.1. The van der Waals surface area contributed by atoms with E-state index in [9.17, 15) is 0 Å². The number of halogens is 3. The summed E-state index contributed by atoms with van der Waals surface area (Å²) < 4.78 is 3.45. The molecule has 0 atom stereocenters. The predicted molar refractivity (Wildman–Crippen MR) is 204 cm³/mol. The third-order valence-electron chi connectivity index (χ3n) is 8.58. The number of hydrogen-bond donors (Lipinski definition) is 0. The summed E-state index contributed by atoms with van der Waals surface area (Å²) in [6, 6.07) is 57.2. The SMILES string of the molecule is Clc1ccc(N(c2ccc(Cl)cc2)c2ccc(-c3ccc4c5ccccc5n(-c5cccc(-c6ccc(Br)cc6)c5)c4c3)cc2)cc1. The second kappa shape index (κ2) is 12.4. The van der Waals surface area contributed by atoms with E-state index in [0.29, 0.717) is 10.0 Å². The Hall–Kier alpha value is -4.80. The van der Waals surface area contributed by atoms with Crippen LogP contribution in [0.2, 0.25) is 10.0 Å². The van der Waals surface area contributed by atoms with Crippen LogP contribution in [0.5, 0.6) is 0 Å². The van der Waals surface area contributed by atoms with Gasteiger partial charge in [0.05, 0.1) is 11.0 Å². The molecule has 0 aliphatic heterocycles. The van der Waals surface area contributed by atoms with E-state index in [-0.39, 0.29) is 0 Å². The lowest BCUT2D eigenvalue weighted by atomic mass is 10.0. The summed E-state index contributed by atoms with van der Waals surface area (Å²) in [5, 5.41) is 3.87. The minimum absolute atomic E-state index is 0.702. The number of rotatable bonds is 6. The molecule has 8 aromatic rings. The fourth-order valence-electron chi connectivity index (χ4n) is 6.33. The highest BCUT2D eigenvalue weighted by molar-refractivity contribution is 9.10. The average Bonchev–Trinajstić information content (AvgIpc) is 3.44. The van der Waals surface area contributed by atoms with Crippen molar-refractivity contribution in [2.24, 2.45) is 0 Å². The molecule has 0 aliphatic rings. The lowest BCUT2D eigenvalue weighted by Gasteiger charge is -2.25. The first-order valence-corrected chi connectivity index (χ1v) is 16.9. The van der Waals surface area contributed by atoms with Gasteiger partial charge in [0.25, 0.3) is 0 Å². The van der Waals surface area contributed by atoms with Gasteiger partial charge >= 0.3 is 0 Å². The van der Waals surface area contributed by atoms with Gasteiger partial charge in [0.2, 0.25) is 0 Å². The molecule has 1 heterocycles. The Bertz CT molecular complexity index is 2310. The molecule has 0 aliphatic carbocycles. The van der Waals surface area contributed by atoms with Crippen molar-refractivity contribution in [3.05, 3.63) is 178 Å². The first-order valence-electron chi connectivity index (χ1n) is 15.3. The largest absolute Gasteiger partial charge is 0.311 e. The molecular formula is C42H27BrCl2N2. The molecule has 226 valence electrons. The second-order valence-corrected chi connectivity index (χ2v) is 13.3. The summed E-state index contributed by atoms with van der Waals surface area (Å²) in [6.45, 7) is 0. The van der Waals surface area contributed by atoms with E-state index in [1.807, 2.05) is 48.5 Å². The molecule has 0 N–H and O–H groups in total. The Labute approximate surface area is 292 Å². The highest BCUT2D eigenvalue weighted by Gasteiger charge is 2.16. The van der Waals surface area contributed by atoms with E-state index in [4.69, 9.17) is 23.2 Å². The van der Waals surface area contributed by atoms with Crippen molar-refractivity contribution in [3.63, 3.8) is 0 Å². The van der Waals surface area contributed by atoms with Crippen LogP contribution in [0.3, 0.4) is 0 Å². The second-order valence-electron chi connectivity index (χ2n) is 11.5. The first-order chi connectivity index (χ1) is 23.0. The maximum atomic E-state index is 6.24. The lowest BCUT2D eigenvalue weighted by Crippen LogP contribution is -2.09. The summed E-state index contributed by atoms with van der Waals surface area (Å²) in [4.78, 5) is 2.20. The van der Waals surface area contributed by atoms with Crippen molar-refractivity contribution < 1.29 is 0 Å². The maximum absolute atomic E-state index is 6.24. The van der Waals surface area contributed by atoms with Gasteiger partial charge in [-0.2, -0.15) is 0 Å². The van der Waals surface area contributed by atoms with E-state index in [1.165, 1.54) is 32.9 Å². The summed E-state index contributed by atoms with van der Waals surface area (Å²) in [5.74, 6) is 0. The predicted octanol–water partition coefficient (Wildman–Crippen LogP) is 13.7. The van der Waals surface area contributed by atoms with E-state index < -0.39 is 0 Å². The molecule has 8 rings (SSSR count). The molecule has 5 heteroatoms. The summed E-state index contributed by atoms with van der Waals surface area (Å²) >= 11 is 16.0. The Morgan fingerprint density at radius 3 is 1.57 bits per heavy atom. The van der Waals surface area contributed by atoms with Crippen LogP contribution >= 0.6 is 39.1 Å². The molecule has 0 spiro atoms. The maximum Gasteiger partial charge on any atom is 0.0547 e.